The number of rotatable bonds is 0. The van der Waals surface area contributed by atoms with Gasteiger partial charge < -0.3 is 0 Å². The maximum atomic E-state index is 2.25. The lowest BCUT2D eigenvalue weighted by Gasteiger charge is -2.05. The summed E-state index contributed by atoms with van der Waals surface area (Å²) in [6, 6.07) is 0. The molecule has 0 spiro atoms. The largest absolute Gasteiger partial charge is 0.220 e. The van der Waals surface area contributed by atoms with Crippen LogP contribution in [0.4, 0.5) is 0 Å². The van der Waals surface area contributed by atoms with Crippen LogP contribution in [0, 0.1) is 0 Å². The molecule has 0 radical (unpaired) electrons. The van der Waals surface area contributed by atoms with Gasteiger partial charge in [0, 0.05) is 0 Å². The number of hydrogen-bond acceptors (Lipinski definition) is 0. The zero-order valence-electron chi connectivity index (χ0n) is 4.91. The van der Waals surface area contributed by atoms with Gasteiger partial charge in [0.1, 0.15) is 0 Å². The molecule has 6 heavy (non-hydrogen) atoms. The van der Waals surface area contributed by atoms with Gasteiger partial charge in [0.15, 0.2) is 0 Å². The predicted molar refractivity (Wildman–Crippen MR) is 35.5 cm³/mol. The summed E-state index contributed by atoms with van der Waals surface area (Å²) in [5.41, 5.74) is 0. The molecule has 0 fully saturated rings. The Kier molecular flexibility index (Phi) is 4.82. The standard InChI is InChI=1S/C4H9.Al.ClH.2H/c1-4(2)3;;;;/h1-3H3;;1H;;. The van der Waals surface area contributed by atoms with Crippen LogP contribution in [0.15, 0.2) is 0 Å². The monoisotopic (exact) mass is 122 g/mol. The first-order valence-corrected chi connectivity index (χ1v) is 3.00. The molecule has 0 aliphatic heterocycles. The molecule has 0 heterocycles. The Bertz CT molecular complexity index is 23.0. The van der Waals surface area contributed by atoms with Gasteiger partial charge in [-0.1, -0.05) is 25.0 Å². The lowest BCUT2D eigenvalue weighted by molar-refractivity contribution is 0.767. The number of halogens is 1. The summed E-state index contributed by atoms with van der Waals surface area (Å²) in [4.78, 5) is 0. The van der Waals surface area contributed by atoms with Crippen molar-refractivity contribution in [2.45, 2.75) is 25.0 Å². The minimum Gasteiger partial charge on any atom is -0.147 e. The fraction of sp³-hybridized carbons (Fsp3) is 1.00. The lowest BCUT2D eigenvalue weighted by Crippen LogP contribution is -1.90. The molecule has 0 aromatic carbocycles. The first kappa shape index (κ1) is 9.95. The molecule has 2 heteroatoms. The van der Waals surface area contributed by atoms with Crippen molar-refractivity contribution in [2.24, 2.45) is 0 Å². The molecule has 0 aromatic rings. The van der Waals surface area contributed by atoms with Gasteiger partial charge in [0.2, 0.25) is 16.3 Å². The quantitative estimate of drug-likeness (QED) is 0.425. The van der Waals surface area contributed by atoms with Crippen LogP contribution in [-0.4, -0.2) is 16.3 Å². The van der Waals surface area contributed by atoms with Crippen molar-refractivity contribution in [1.29, 1.82) is 0 Å². The average molecular weight is 123 g/mol. The van der Waals surface area contributed by atoms with Crippen molar-refractivity contribution in [3.05, 3.63) is 0 Å². The molecule has 0 aliphatic rings. The van der Waals surface area contributed by atoms with Crippen LogP contribution in [0.25, 0.3) is 0 Å². The van der Waals surface area contributed by atoms with Gasteiger partial charge in [0.05, 0.1) is 0 Å². The zero-order valence-corrected chi connectivity index (χ0v) is 7.72. The molecular weight excluding hydrogens is 110 g/mol. The molecule has 38 valence electrons. The fourth-order valence-electron chi connectivity index (χ4n) is 0. The van der Waals surface area contributed by atoms with E-state index in [4.69, 9.17) is 0 Å². The van der Waals surface area contributed by atoms with Crippen LogP contribution in [0.2, 0.25) is 4.28 Å². The van der Waals surface area contributed by atoms with Crippen molar-refractivity contribution >= 4 is 28.7 Å². The minimum absolute atomic E-state index is 0. The Morgan fingerprint density at radius 3 is 1.17 bits per heavy atom. The van der Waals surface area contributed by atoms with E-state index in [1.807, 2.05) is 0 Å². The van der Waals surface area contributed by atoms with E-state index in [2.05, 4.69) is 20.8 Å². The Balaban J connectivity index is 0. The minimum atomic E-state index is 0. The Morgan fingerprint density at radius 2 is 1.17 bits per heavy atom. The highest BCUT2D eigenvalue weighted by Crippen LogP contribution is 2.13. The zero-order chi connectivity index (χ0) is 4.50. The van der Waals surface area contributed by atoms with Gasteiger partial charge >= 0.3 is 0 Å². The predicted octanol–water partition coefficient (Wildman–Crippen LogP) is 1.26. The molecule has 0 nitrogen and oxygen atoms in total. The summed E-state index contributed by atoms with van der Waals surface area (Å²) >= 11 is 1.31. The van der Waals surface area contributed by atoms with Crippen LogP contribution >= 0.6 is 12.4 Å². The number of hydrogen-bond donors (Lipinski definition) is 0. The molecular formula is C4H12AlCl. The molecule has 0 saturated heterocycles. The highest BCUT2D eigenvalue weighted by atomic mass is 35.5. The maximum absolute atomic E-state index is 2.25. The Hall–Kier alpha value is 0.822. The first-order valence-electron chi connectivity index (χ1n) is 2.00. The summed E-state index contributed by atoms with van der Waals surface area (Å²) in [5.74, 6) is 0. The first-order chi connectivity index (χ1) is 2.00. The molecule has 0 atom stereocenters. The van der Waals surface area contributed by atoms with Gasteiger partial charge in [-0.3, -0.25) is 0 Å². The van der Waals surface area contributed by atoms with E-state index in [9.17, 15) is 0 Å². The molecule has 0 aliphatic carbocycles. The normalized spacial score (nSPS) is 9.83. The summed E-state index contributed by atoms with van der Waals surface area (Å²) in [5, 5.41) is 0. The summed E-state index contributed by atoms with van der Waals surface area (Å²) in [6.45, 7) is 6.75. The van der Waals surface area contributed by atoms with Gasteiger partial charge in [-0.15, -0.1) is 12.4 Å². The average Bonchev–Trinajstić information content (AvgIpc) is 0.722. The molecule has 0 rings (SSSR count). The second kappa shape index (κ2) is 2.91. The maximum Gasteiger partial charge on any atom is 0.220 e. The van der Waals surface area contributed by atoms with Crippen molar-refractivity contribution in [2.75, 3.05) is 0 Å². The molecule has 0 saturated carbocycles. The fourth-order valence-corrected chi connectivity index (χ4v) is 0. The molecule has 0 bridgehead atoms. The van der Waals surface area contributed by atoms with Crippen LogP contribution in [0.1, 0.15) is 20.8 Å². The van der Waals surface area contributed by atoms with E-state index >= 15 is 0 Å². The van der Waals surface area contributed by atoms with E-state index in [0.29, 0.717) is 4.28 Å². The van der Waals surface area contributed by atoms with Crippen LogP contribution in [0.5, 0.6) is 0 Å². The summed E-state index contributed by atoms with van der Waals surface area (Å²) in [6.07, 6.45) is 0. The Morgan fingerprint density at radius 1 is 1.17 bits per heavy atom. The Labute approximate surface area is 54.1 Å². The smallest absolute Gasteiger partial charge is 0.147 e. The van der Waals surface area contributed by atoms with Crippen LogP contribution in [0.3, 0.4) is 0 Å². The lowest BCUT2D eigenvalue weighted by atomic mass is 10.2. The molecule has 0 unspecified atom stereocenters. The SMILES string of the molecule is C[C](C)(C)[AlH2].Cl. The van der Waals surface area contributed by atoms with E-state index in [1.54, 1.807) is 0 Å². The molecule has 0 amide bonds. The van der Waals surface area contributed by atoms with Crippen molar-refractivity contribution in [3.8, 4) is 0 Å². The van der Waals surface area contributed by atoms with Gasteiger partial charge in [0.25, 0.3) is 0 Å². The van der Waals surface area contributed by atoms with Gasteiger partial charge in [-0.25, -0.2) is 0 Å². The van der Waals surface area contributed by atoms with Crippen LogP contribution in [-0.2, 0) is 0 Å². The van der Waals surface area contributed by atoms with E-state index in [-0.39, 0.29) is 12.4 Å². The third kappa shape index (κ3) is 104. The third-order valence-corrected chi connectivity index (χ3v) is 0. The van der Waals surface area contributed by atoms with E-state index < -0.39 is 0 Å². The second-order valence-corrected chi connectivity index (χ2v) is 6.00. The van der Waals surface area contributed by atoms with E-state index in [0.717, 1.165) is 0 Å². The van der Waals surface area contributed by atoms with Gasteiger partial charge in [-0.05, 0) is 0 Å². The topological polar surface area (TPSA) is 0 Å². The summed E-state index contributed by atoms with van der Waals surface area (Å²) < 4.78 is 0.639. The van der Waals surface area contributed by atoms with Gasteiger partial charge in [-0.2, -0.15) is 0 Å². The highest BCUT2D eigenvalue weighted by Gasteiger charge is 1.96. The van der Waals surface area contributed by atoms with E-state index in [1.165, 1.54) is 16.3 Å². The third-order valence-electron chi connectivity index (χ3n) is 0. The summed E-state index contributed by atoms with van der Waals surface area (Å²) in [7, 11) is 0. The van der Waals surface area contributed by atoms with Crippen molar-refractivity contribution in [1.82, 2.24) is 0 Å². The second-order valence-electron chi connectivity index (χ2n) is 3.00. The van der Waals surface area contributed by atoms with Crippen molar-refractivity contribution < 1.29 is 0 Å². The molecule has 0 aromatic heterocycles. The molecule has 0 N–H and O–H groups in total. The van der Waals surface area contributed by atoms with Crippen molar-refractivity contribution in [3.63, 3.8) is 0 Å². The highest BCUT2D eigenvalue weighted by molar-refractivity contribution is 6.14. The van der Waals surface area contributed by atoms with Crippen LogP contribution < -0.4 is 0 Å².